The number of benzene rings is 1. The van der Waals surface area contributed by atoms with Gasteiger partial charge in [0.25, 0.3) is 0 Å². The number of rotatable bonds is 10. The van der Waals surface area contributed by atoms with Crippen LogP contribution in [-0.2, 0) is 17.8 Å². The normalized spacial score (nSPS) is 12.9. The molecule has 25 heavy (non-hydrogen) atoms. The summed E-state index contributed by atoms with van der Waals surface area (Å²) in [6.07, 6.45) is 1.68. The highest BCUT2D eigenvalue weighted by Crippen LogP contribution is 2.14. The fourth-order valence-electron chi connectivity index (χ4n) is 3.21. The maximum Gasteiger partial charge on any atom is 0.0900 e. The van der Waals surface area contributed by atoms with Crippen molar-refractivity contribution in [3.05, 3.63) is 59.4 Å². The van der Waals surface area contributed by atoms with Crippen molar-refractivity contribution in [1.82, 2.24) is 9.47 Å². The molecule has 1 aromatic carbocycles. The number of aliphatic hydroxyl groups excluding tert-OH is 1. The first kappa shape index (κ1) is 19.7. The molecule has 0 aliphatic heterocycles. The number of aromatic nitrogens is 1. The van der Waals surface area contributed by atoms with E-state index in [-0.39, 0.29) is 0 Å². The lowest BCUT2D eigenvalue weighted by Gasteiger charge is -2.27. The lowest BCUT2D eigenvalue weighted by Crippen LogP contribution is -2.37. The van der Waals surface area contributed by atoms with Crippen LogP contribution in [-0.4, -0.2) is 47.5 Å². The molecule has 0 bridgehead atoms. The van der Waals surface area contributed by atoms with E-state index in [1.807, 2.05) is 0 Å². The quantitative estimate of drug-likeness (QED) is 0.718. The SMILES string of the molecule is COC[C@@H](O)CN(Cc1cccn1Cc1ccccc1C)CC(C)C. The highest BCUT2D eigenvalue weighted by atomic mass is 16.5. The molecule has 4 heteroatoms. The Hall–Kier alpha value is -1.62. The van der Waals surface area contributed by atoms with E-state index in [2.05, 4.69) is 72.8 Å². The molecular weight excluding hydrogens is 312 g/mol. The average Bonchev–Trinajstić information content (AvgIpc) is 2.96. The van der Waals surface area contributed by atoms with Gasteiger partial charge in [-0.2, -0.15) is 0 Å². The lowest BCUT2D eigenvalue weighted by atomic mass is 10.1. The summed E-state index contributed by atoms with van der Waals surface area (Å²) < 4.78 is 7.38. The minimum atomic E-state index is -0.455. The molecule has 1 heterocycles. The van der Waals surface area contributed by atoms with Gasteiger partial charge in [-0.05, 0) is 36.1 Å². The summed E-state index contributed by atoms with van der Waals surface area (Å²) in [5, 5.41) is 10.1. The molecular formula is C21H32N2O2. The number of hydrogen-bond donors (Lipinski definition) is 1. The minimum Gasteiger partial charge on any atom is -0.389 e. The van der Waals surface area contributed by atoms with Gasteiger partial charge in [-0.25, -0.2) is 0 Å². The summed E-state index contributed by atoms with van der Waals surface area (Å²) >= 11 is 0. The monoisotopic (exact) mass is 344 g/mol. The summed E-state index contributed by atoms with van der Waals surface area (Å²) in [4.78, 5) is 2.32. The molecule has 0 aliphatic carbocycles. The Kier molecular flexibility index (Phi) is 7.69. The number of hydrogen-bond acceptors (Lipinski definition) is 3. The molecule has 4 nitrogen and oxygen atoms in total. The van der Waals surface area contributed by atoms with Crippen LogP contribution in [0.15, 0.2) is 42.6 Å². The van der Waals surface area contributed by atoms with Crippen molar-refractivity contribution < 1.29 is 9.84 Å². The van der Waals surface area contributed by atoms with Crippen molar-refractivity contribution in [1.29, 1.82) is 0 Å². The zero-order valence-corrected chi connectivity index (χ0v) is 16.0. The van der Waals surface area contributed by atoms with Gasteiger partial charge in [0.1, 0.15) is 0 Å². The first-order chi connectivity index (χ1) is 12.0. The fourth-order valence-corrected chi connectivity index (χ4v) is 3.21. The molecule has 2 rings (SSSR count). The Morgan fingerprint density at radius 3 is 2.56 bits per heavy atom. The van der Waals surface area contributed by atoms with Crippen LogP contribution < -0.4 is 0 Å². The number of aryl methyl sites for hydroxylation is 1. The third-order valence-corrected chi connectivity index (χ3v) is 4.36. The first-order valence-corrected chi connectivity index (χ1v) is 9.07. The van der Waals surface area contributed by atoms with Gasteiger partial charge in [-0.3, -0.25) is 4.90 Å². The molecule has 0 amide bonds. The zero-order valence-electron chi connectivity index (χ0n) is 16.0. The Labute approximate surface area is 152 Å². The standard InChI is InChI=1S/C21H32N2O2/c1-17(2)12-22(15-21(24)16-25-4)14-20-10-7-11-23(20)13-19-9-6-5-8-18(19)3/h5-11,17,21,24H,12-16H2,1-4H3/t21-/m0/s1. The van der Waals surface area contributed by atoms with E-state index in [1.165, 1.54) is 16.8 Å². The molecule has 2 aromatic rings. The predicted molar refractivity (Wildman–Crippen MR) is 103 cm³/mol. The van der Waals surface area contributed by atoms with Crippen LogP contribution in [0.1, 0.15) is 30.7 Å². The largest absolute Gasteiger partial charge is 0.389 e. The maximum atomic E-state index is 10.1. The zero-order chi connectivity index (χ0) is 18.2. The molecule has 1 N–H and O–H groups in total. The number of nitrogens with zero attached hydrogens (tertiary/aromatic N) is 2. The molecule has 0 radical (unpaired) electrons. The van der Waals surface area contributed by atoms with Crippen LogP contribution >= 0.6 is 0 Å². The van der Waals surface area contributed by atoms with Crippen LogP contribution in [0.2, 0.25) is 0 Å². The van der Waals surface area contributed by atoms with Crippen LogP contribution in [0.4, 0.5) is 0 Å². The van der Waals surface area contributed by atoms with Gasteiger partial charge >= 0.3 is 0 Å². The van der Waals surface area contributed by atoms with Gasteiger partial charge < -0.3 is 14.4 Å². The van der Waals surface area contributed by atoms with E-state index in [9.17, 15) is 5.11 Å². The van der Waals surface area contributed by atoms with E-state index >= 15 is 0 Å². The average molecular weight is 344 g/mol. The second kappa shape index (κ2) is 9.76. The van der Waals surface area contributed by atoms with E-state index in [0.717, 1.165) is 19.6 Å². The highest BCUT2D eigenvalue weighted by Gasteiger charge is 2.15. The molecule has 0 saturated carbocycles. The third-order valence-electron chi connectivity index (χ3n) is 4.36. The fraction of sp³-hybridized carbons (Fsp3) is 0.524. The van der Waals surface area contributed by atoms with Crippen molar-refractivity contribution in [2.45, 2.75) is 40.0 Å². The van der Waals surface area contributed by atoms with Gasteiger partial charge in [0.05, 0.1) is 12.7 Å². The topological polar surface area (TPSA) is 37.6 Å². The van der Waals surface area contributed by atoms with E-state index in [0.29, 0.717) is 19.1 Å². The van der Waals surface area contributed by atoms with Crippen LogP contribution in [0.25, 0.3) is 0 Å². The van der Waals surface area contributed by atoms with Gasteiger partial charge in [0, 0.05) is 45.2 Å². The number of aliphatic hydroxyl groups is 1. The van der Waals surface area contributed by atoms with Crippen molar-refractivity contribution >= 4 is 0 Å². The summed E-state index contributed by atoms with van der Waals surface area (Å²) in [5.41, 5.74) is 3.93. The molecule has 0 saturated heterocycles. The molecule has 0 aliphatic rings. The summed E-state index contributed by atoms with van der Waals surface area (Å²) in [7, 11) is 1.63. The Balaban J connectivity index is 2.09. The summed E-state index contributed by atoms with van der Waals surface area (Å²) in [6, 6.07) is 12.8. The predicted octanol–water partition coefficient (Wildman–Crippen LogP) is 3.31. The lowest BCUT2D eigenvalue weighted by molar-refractivity contribution is 0.0326. The molecule has 0 fully saturated rings. The van der Waals surface area contributed by atoms with Crippen molar-refractivity contribution in [3.8, 4) is 0 Å². The molecule has 1 aromatic heterocycles. The van der Waals surface area contributed by atoms with Gasteiger partial charge in [0.2, 0.25) is 0 Å². The highest BCUT2D eigenvalue weighted by molar-refractivity contribution is 5.26. The Morgan fingerprint density at radius 1 is 1.12 bits per heavy atom. The van der Waals surface area contributed by atoms with Gasteiger partial charge in [-0.15, -0.1) is 0 Å². The number of methoxy groups -OCH3 is 1. The number of ether oxygens (including phenoxy) is 1. The van der Waals surface area contributed by atoms with Crippen LogP contribution in [0, 0.1) is 12.8 Å². The Morgan fingerprint density at radius 2 is 1.88 bits per heavy atom. The van der Waals surface area contributed by atoms with Crippen molar-refractivity contribution in [2.24, 2.45) is 5.92 Å². The second-order valence-corrected chi connectivity index (χ2v) is 7.25. The molecule has 0 spiro atoms. The summed E-state index contributed by atoms with van der Waals surface area (Å²) in [5.74, 6) is 0.550. The summed E-state index contributed by atoms with van der Waals surface area (Å²) in [6.45, 7) is 10.2. The molecule has 138 valence electrons. The second-order valence-electron chi connectivity index (χ2n) is 7.25. The van der Waals surface area contributed by atoms with E-state index in [1.54, 1.807) is 7.11 Å². The van der Waals surface area contributed by atoms with Crippen LogP contribution in [0.5, 0.6) is 0 Å². The van der Waals surface area contributed by atoms with Gasteiger partial charge in [-0.1, -0.05) is 38.1 Å². The smallest absolute Gasteiger partial charge is 0.0900 e. The maximum absolute atomic E-state index is 10.1. The van der Waals surface area contributed by atoms with Crippen molar-refractivity contribution in [2.75, 3.05) is 26.8 Å². The van der Waals surface area contributed by atoms with Crippen molar-refractivity contribution in [3.63, 3.8) is 0 Å². The molecule has 1 atom stereocenters. The Bertz CT molecular complexity index is 636. The van der Waals surface area contributed by atoms with Crippen LogP contribution in [0.3, 0.4) is 0 Å². The van der Waals surface area contributed by atoms with E-state index in [4.69, 9.17) is 4.74 Å². The third kappa shape index (κ3) is 6.31. The van der Waals surface area contributed by atoms with Gasteiger partial charge in [0.15, 0.2) is 0 Å². The molecule has 0 unspecified atom stereocenters. The first-order valence-electron chi connectivity index (χ1n) is 9.07. The van der Waals surface area contributed by atoms with E-state index < -0.39 is 6.10 Å². The minimum absolute atomic E-state index is 0.374.